The molecule has 0 unspecified atom stereocenters. The van der Waals surface area contributed by atoms with E-state index in [1.165, 1.54) is 0 Å². The molecule has 0 fully saturated rings. The Morgan fingerprint density at radius 2 is 2.05 bits per heavy atom. The third-order valence-electron chi connectivity index (χ3n) is 3.01. The molecule has 3 aromatic rings. The van der Waals surface area contributed by atoms with Crippen LogP contribution in [0.5, 0.6) is 0 Å². The van der Waals surface area contributed by atoms with Crippen molar-refractivity contribution in [3.8, 4) is 17.3 Å². The molecule has 0 radical (unpaired) electrons. The lowest BCUT2D eigenvalue weighted by Gasteiger charge is -2.07. The van der Waals surface area contributed by atoms with Crippen molar-refractivity contribution in [1.82, 2.24) is 14.6 Å². The van der Waals surface area contributed by atoms with E-state index in [4.69, 9.17) is 23.2 Å². The lowest BCUT2D eigenvalue weighted by molar-refractivity contribution is 0.925. The van der Waals surface area contributed by atoms with Gasteiger partial charge < -0.3 is 0 Å². The molecule has 1 aromatic carbocycles. The number of aryl methyl sites for hydroxylation is 1. The number of aromatic nitrogens is 3. The van der Waals surface area contributed by atoms with E-state index in [9.17, 15) is 5.26 Å². The second kappa shape index (κ2) is 4.78. The lowest BCUT2D eigenvalue weighted by atomic mass is 10.1. The molecule has 0 amide bonds. The van der Waals surface area contributed by atoms with Crippen LogP contribution in [0.4, 0.5) is 0 Å². The number of rotatable bonds is 1. The summed E-state index contributed by atoms with van der Waals surface area (Å²) in [6, 6.07) is 9.13. The molecule has 0 N–H and O–H groups in total. The first-order valence-electron chi connectivity index (χ1n) is 5.81. The standard InChI is InChI=1S/C14H8Cl2N4/c1-8-11(7-17)14-18-5-4-13(20(14)19-8)10-6-9(15)2-3-12(10)16/h2-6H,1H3. The Hall–Kier alpha value is -2.09. The van der Waals surface area contributed by atoms with Crippen LogP contribution in [0.1, 0.15) is 11.3 Å². The summed E-state index contributed by atoms with van der Waals surface area (Å²) in [5.74, 6) is 0. The maximum absolute atomic E-state index is 9.17. The van der Waals surface area contributed by atoms with Crippen LogP contribution in [0.3, 0.4) is 0 Å². The second-order valence-electron chi connectivity index (χ2n) is 4.26. The minimum Gasteiger partial charge on any atom is -0.236 e. The Morgan fingerprint density at radius 3 is 2.80 bits per heavy atom. The minimum atomic E-state index is 0.463. The number of hydrogen-bond donors (Lipinski definition) is 0. The highest BCUT2D eigenvalue weighted by atomic mass is 35.5. The number of hydrogen-bond acceptors (Lipinski definition) is 3. The average molecular weight is 303 g/mol. The maximum atomic E-state index is 9.17. The number of benzene rings is 1. The zero-order chi connectivity index (χ0) is 14.3. The molecule has 0 bridgehead atoms. The molecule has 0 aliphatic rings. The second-order valence-corrected chi connectivity index (χ2v) is 5.11. The van der Waals surface area contributed by atoms with Gasteiger partial charge in [0.25, 0.3) is 0 Å². The first-order valence-corrected chi connectivity index (χ1v) is 6.57. The first-order chi connectivity index (χ1) is 9.61. The lowest BCUT2D eigenvalue weighted by Crippen LogP contribution is -1.96. The fourth-order valence-electron chi connectivity index (χ4n) is 2.08. The number of halogens is 2. The highest BCUT2D eigenvalue weighted by Crippen LogP contribution is 2.31. The van der Waals surface area contributed by atoms with Crippen molar-refractivity contribution < 1.29 is 0 Å². The van der Waals surface area contributed by atoms with Crippen molar-refractivity contribution in [2.75, 3.05) is 0 Å². The van der Waals surface area contributed by atoms with Gasteiger partial charge in [0.05, 0.1) is 16.4 Å². The van der Waals surface area contributed by atoms with E-state index >= 15 is 0 Å². The summed E-state index contributed by atoms with van der Waals surface area (Å²) < 4.78 is 1.62. The van der Waals surface area contributed by atoms with Gasteiger partial charge in [0, 0.05) is 16.8 Å². The summed E-state index contributed by atoms with van der Waals surface area (Å²) in [6.07, 6.45) is 1.63. The Labute approximate surface area is 125 Å². The third kappa shape index (κ3) is 1.92. The SMILES string of the molecule is Cc1nn2c(-c3cc(Cl)ccc3Cl)ccnc2c1C#N. The molecule has 20 heavy (non-hydrogen) atoms. The average Bonchev–Trinajstić information content (AvgIpc) is 2.76. The van der Waals surface area contributed by atoms with Gasteiger partial charge in [-0.25, -0.2) is 9.50 Å². The van der Waals surface area contributed by atoms with Crippen molar-refractivity contribution in [2.24, 2.45) is 0 Å². The summed E-state index contributed by atoms with van der Waals surface area (Å²) in [7, 11) is 0. The van der Waals surface area contributed by atoms with E-state index in [2.05, 4.69) is 16.2 Å². The van der Waals surface area contributed by atoms with Gasteiger partial charge in [0.2, 0.25) is 0 Å². The van der Waals surface area contributed by atoms with Crippen LogP contribution in [0, 0.1) is 18.3 Å². The quantitative estimate of drug-likeness (QED) is 0.685. The molecule has 2 aromatic heterocycles. The Balaban J connectivity index is 2.38. The fourth-order valence-corrected chi connectivity index (χ4v) is 2.47. The highest BCUT2D eigenvalue weighted by Gasteiger charge is 2.15. The Kier molecular flexibility index (Phi) is 3.09. The van der Waals surface area contributed by atoms with Crippen molar-refractivity contribution in [2.45, 2.75) is 6.92 Å². The van der Waals surface area contributed by atoms with Crippen LogP contribution in [-0.2, 0) is 0 Å². The van der Waals surface area contributed by atoms with Gasteiger partial charge in [-0.2, -0.15) is 10.4 Å². The van der Waals surface area contributed by atoms with E-state index in [1.807, 2.05) is 0 Å². The van der Waals surface area contributed by atoms with Crippen molar-refractivity contribution in [1.29, 1.82) is 5.26 Å². The molecule has 4 nitrogen and oxygen atoms in total. The predicted octanol–water partition coefficient (Wildman–Crippen LogP) is 3.88. The molecule has 0 saturated carbocycles. The smallest absolute Gasteiger partial charge is 0.173 e. The zero-order valence-corrected chi connectivity index (χ0v) is 11.9. The topological polar surface area (TPSA) is 54.0 Å². The van der Waals surface area contributed by atoms with E-state index in [-0.39, 0.29) is 0 Å². The van der Waals surface area contributed by atoms with E-state index < -0.39 is 0 Å². The van der Waals surface area contributed by atoms with Crippen molar-refractivity contribution in [3.63, 3.8) is 0 Å². The van der Waals surface area contributed by atoms with Gasteiger partial charge in [0.15, 0.2) is 5.65 Å². The number of nitrogens with zero attached hydrogens (tertiary/aromatic N) is 4. The van der Waals surface area contributed by atoms with Gasteiger partial charge in [-0.05, 0) is 31.2 Å². The summed E-state index contributed by atoms with van der Waals surface area (Å²) in [5, 5.41) is 14.7. The molecule has 98 valence electrons. The monoisotopic (exact) mass is 302 g/mol. The summed E-state index contributed by atoms with van der Waals surface area (Å²) in [6.45, 7) is 1.77. The molecular formula is C14H8Cl2N4. The number of fused-ring (bicyclic) bond motifs is 1. The van der Waals surface area contributed by atoms with Gasteiger partial charge in [0.1, 0.15) is 11.6 Å². The number of nitriles is 1. The van der Waals surface area contributed by atoms with Crippen LogP contribution < -0.4 is 0 Å². The van der Waals surface area contributed by atoms with Crippen LogP contribution in [0.15, 0.2) is 30.5 Å². The van der Waals surface area contributed by atoms with Crippen LogP contribution >= 0.6 is 23.2 Å². The fraction of sp³-hybridized carbons (Fsp3) is 0.0714. The molecule has 0 aliphatic heterocycles. The minimum absolute atomic E-state index is 0.463. The molecule has 0 saturated heterocycles. The van der Waals surface area contributed by atoms with E-state index in [1.54, 1.807) is 41.9 Å². The zero-order valence-electron chi connectivity index (χ0n) is 10.4. The maximum Gasteiger partial charge on any atom is 0.173 e. The molecule has 6 heteroatoms. The van der Waals surface area contributed by atoms with Crippen molar-refractivity contribution in [3.05, 3.63) is 51.8 Å². The van der Waals surface area contributed by atoms with Crippen LogP contribution in [0.25, 0.3) is 16.9 Å². The van der Waals surface area contributed by atoms with Gasteiger partial charge in [-0.3, -0.25) is 0 Å². The Bertz CT molecular complexity index is 861. The summed E-state index contributed by atoms with van der Waals surface area (Å²) >= 11 is 12.3. The van der Waals surface area contributed by atoms with Crippen molar-refractivity contribution >= 4 is 28.8 Å². The molecule has 0 spiro atoms. The van der Waals surface area contributed by atoms with Gasteiger partial charge >= 0.3 is 0 Å². The largest absolute Gasteiger partial charge is 0.236 e. The molecular weight excluding hydrogens is 295 g/mol. The molecule has 2 heterocycles. The van der Waals surface area contributed by atoms with E-state index in [0.29, 0.717) is 26.9 Å². The molecule has 0 aliphatic carbocycles. The highest BCUT2D eigenvalue weighted by molar-refractivity contribution is 6.35. The molecule has 3 rings (SSSR count). The summed E-state index contributed by atoms with van der Waals surface area (Å²) in [4.78, 5) is 4.21. The predicted molar refractivity (Wildman–Crippen MR) is 77.9 cm³/mol. The summed E-state index contributed by atoms with van der Waals surface area (Å²) in [5.41, 5.74) is 3.10. The Morgan fingerprint density at radius 1 is 1.25 bits per heavy atom. The van der Waals surface area contributed by atoms with E-state index in [0.717, 1.165) is 11.3 Å². The molecule has 0 atom stereocenters. The van der Waals surface area contributed by atoms with Gasteiger partial charge in [-0.1, -0.05) is 23.2 Å². The first kappa shape index (κ1) is 12.9. The third-order valence-corrected chi connectivity index (χ3v) is 3.57. The van der Waals surface area contributed by atoms with Gasteiger partial charge in [-0.15, -0.1) is 0 Å². The normalized spacial score (nSPS) is 10.7. The van der Waals surface area contributed by atoms with Crippen LogP contribution in [0.2, 0.25) is 10.0 Å². The van der Waals surface area contributed by atoms with Crippen LogP contribution in [-0.4, -0.2) is 14.6 Å².